The maximum atomic E-state index is 3.86. The van der Waals surface area contributed by atoms with Crippen LogP contribution in [0.2, 0.25) is 0 Å². The van der Waals surface area contributed by atoms with Crippen LogP contribution in [0.3, 0.4) is 0 Å². The summed E-state index contributed by atoms with van der Waals surface area (Å²) in [7, 11) is 0. The van der Waals surface area contributed by atoms with Crippen molar-refractivity contribution < 1.29 is 0 Å². The van der Waals surface area contributed by atoms with Crippen LogP contribution >= 0.6 is 27.3 Å². The topological polar surface area (TPSA) is 0 Å². The predicted octanol–water partition coefficient (Wildman–Crippen LogP) is 5.28. The highest BCUT2D eigenvalue weighted by Gasteiger charge is 2.16. The van der Waals surface area contributed by atoms with Crippen LogP contribution in [0, 0.1) is 0 Å². The van der Waals surface area contributed by atoms with E-state index in [9.17, 15) is 0 Å². The number of alkyl halides is 1. The largest absolute Gasteiger partial charge is 0.144 e. The Balaban J connectivity index is 1.89. The second-order valence-corrected chi connectivity index (χ2v) is 7.02. The lowest BCUT2D eigenvalue weighted by atomic mass is 10.0. The van der Waals surface area contributed by atoms with Gasteiger partial charge >= 0.3 is 0 Å². The number of hydrogen-bond acceptors (Lipinski definition) is 1. The van der Waals surface area contributed by atoms with E-state index in [0.717, 1.165) is 6.42 Å². The summed E-state index contributed by atoms with van der Waals surface area (Å²) in [5.41, 5.74) is 4.52. The highest BCUT2D eigenvalue weighted by Crippen LogP contribution is 2.37. The van der Waals surface area contributed by atoms with Gasteiger partial charge in [-0.25, -0.2) is 0 Å². The Morgan fingerprint density at radius 3 is 2.78 bits per heavy atom. The summed E-state index contributed by atoms with van der Waals surface area (Å²) in [5.74, 6) is 0. The van der Waals surface area contributed by atoms with Crippen LogP contribution in [0.25, 0.3) is 0 Å². The zero-order valence-electron chi connectivity index (χ0n) is 10.6. The van der Waals surface area contributed by atoms with Crippen molar-refractivity contribution in [1.82, 2.24) is 0 Å². The average molecular weight is 321 g/mol. The Morgan fingerprint density at radius 1 is 1.17 bits per heavy atom. The molecule has 1 heterocycles. The molecule has 1 unspecified atom stereocenters. The zero-order valence-corrected chi connectivity index (χ0v) is 13.0. The Hall–Kier alpha value is -0.600. The van der Waals surface area contributed by atoms with Gasteiger partial charge in [0.15, 0.2) is 0 Å². The van der Waals surface area contributed by atoms with Crippen molar-refractivity contribution >= 4 is 27.3 Å². The molecule has 1 atom stereocenters. The van der Waals surface area contributed by atoms with E-state index in [2.05, 4.69) is 53.2 Å². The van der Waals surface area contributed by atoms with Crippen LogP contribution in [-0.2, 0) is 19.3 Å². The first-order valence-electron chi connectivity index (χ1n) is 6.62. The molecular weight excluding hydrogens is 304 g/mol. The number of thiophene rings is 1. The highest BCUT2D eigenvalue weighted by atomic mass is 79.9. The molecule has 18 heavy (non-hydrogen) atoms. The van der Waals surface area contributed by atoms with Crippen molar-refractivity contribution in [3.8, 4) is 0 Å². The number of fused-ring (bicyclic) bond motifs is 1. The van der Waals surface area contributed by atoms with Gasteiger partial charge in [-0.15, -0.1) is 11.3 Å². The first kappa shape index (κ1) is 12.4. The van der Waals surface area contributed by atoms with E-state index in [1.165, 1.54) is 34.6 Å². The SMILES string of the molecule is CCc1ccc(C(Br)c2ccc3c(c2)CCC3)s1. The van der Waals surface area contributed by atoms with Crippen LogP contribution in [-0.4, -0.2) is 0 Å². The first-order valence-corrected chi connectivity index (χ1v) is 8.35. The summed E-state index contributed by atoms with van der Waals surface area (Å²) in [6.45, 7) is 2.22. The van der Waals surface area contributed by atoms with Gasteiger partial charge in [0.05, 0.1) is 4.83 Å². The third kappa shape index (κ3) is 2.28. The van der Waals surface area contributed by atoms with E-state index < -0.39 is 0 Å². The number of rotatable bonds is 3. The van der Waals surface area contributed by atoms with Crippen molar-refractivity contribution in [2.75, 3.05) is 0 Å². The van der Waals surface area contributed by atoms with Crippen molar-refractivity contribution in [3.63, 3.8) is 0 Å². The van der Waals surface area contributed by atoms with E-state index in [4.69, 9.17) is 0 Å². The number of halogens is 1. The average Bonchev–Trinajstić information content (AvgIpc) is 3.05. The molecule has 0 saturated carbocycles. The molecule has 2 heteroatoms. The molecule has 1 aliphatic carbocycles. The maximum absolute atomic E-state index is 3.86. The minimum atomic E-state index is 0.355. The molecule has 0 bridgehead atoms. The molecule has 0 aliphatic heterocycles. The fourth-order valence-corrected chi connectivity index (χ4v) is 4.31. The summed E-state index contributed by atoms with van der Waals surface area (Å²) >= 11 is 5.78. The lowest BCUT2D eigenvalue weighted by Crippen LogP contribution is -1.92. The fraction of sp³-hybridized carbons (Fsp3) is 0.375. The van der Waals surface area contributed by atoms with E-state index in [1.54, 1.807) is 11.1 Å². The molecule has 1 aromatic heterocycles. The number of benzene rings is 1. The lowest BCUT2D eigenvalue weighted by Gasteiger charge is -2.10. The van der Waals surface area contributed by atoms with Gasteiger partial charge in [-0.1, -0.05) is 41.1 Å². The Morgan fingerprint density at radius 2 is 2.00 bits per heavy atom. The Bertz CT molecular complexity index is 556. The van der Waals surface area contributed by atoms with Gasteiger partial charge in [0.25, 0.3) is 0 Å². The minimum absolute atomic E-state index is 0.355. The molecule has 0 N–H and O–H groups in total. The van der Waals surface area contributed by atoms with Crippen molar-refractivity contribution in [2.45, 2.75) is 37.4 Å². The van der Waals surface area contributed by atoms with E-state index in [1.807, 2.05) is 11.3 Å². The quantitative estimate of drug-likeness (QED) is 0.674. The van der Waals surface area contributed by atoms with Gasteiger partial charge in [0, 0.05) is 9.75 Å². The number of aryl methyl sites for hydroxylation is 3. The lowest BCUT2D eigenvalue weighted by molar-refractivity contribution is 0.911. The summed E-state index contributed by atoms with van der Waals surface area (Å²) < 4.78 is 0. The second kappa shape index (κ2) is 5.18. The van der Waals surface area contributed by atoms with Crippen LogP contribution < -0.4 is 0 Å². The third-order valence-electron chi connectivity index (χ3n) is 3.70. The first-order chi connectivity index (χ1) is 8.78. The molecule has 0 nitrogen and oxygen atoms in total. The van der Waals surface area contributed by atoms with E-state index in [0.29, 0.717) is 4.83 Å². The molecule has 0 radical (unpaired) electrons. The van der Waals surface area contributed by atoms with Crippen molar-refractivity contribution in [2.24, 2.45) is 0 Å². The minimum Gasteiger partial charge on any atom is -0.144 e. The van der Waals surface area contributed by atoms with Gasteiger partial charge in [0.2, 0.25) is 0 Å². The Kier molecular flexibility index (Phi) is 3.58. The van der Waals surface area contributed by atoms with Gasteiger partial charge < -0.3 is 0 Å². The maximum Gasteiger partial charge on any atom is 0.0738 e. The Labute approximate surface area is 121 Å². The predicted molar refractivity (Wildman–Crippen MR) is 82.9 cm³/mol. The molecule has 3 rings (SSSR count). The van der Waals surface area contributed by atoms with Gasteiger partial charge in [0.1, 0.15) is 0 Å². The summed E-state index contributed by atoms with van der Waals surface area (Å²) in [6.07, 6.45) is 4.98. The fourth-order valence-electron chi connectivity index (χ4n) is 2.63. The van der Waals surface area contributed by atoms with E-state index >= 15 is 0 Å². The molecule has 0 fully saturated rings. The monoisotopic (exact) mass is 320 g/mol. The van der Waals surface area contributed by atoms with Crippen molar-refractivity contribution in [3.05, 3.63) is 56.8 Å². The van der Waals surface area contributed by atoms with Gasteiger partial charge in [-0.05, 0) is 54.5 Å². The molecule has 94 valence electrons. The van der Waals surface area contributed by atoms with Gasteiger partial charge in [-0.2, -0.15) is 0 Å². The van der Waals surface area contributed by atoms with E-state index in [-0.39, 0.29) is 0 Å². The molecule has 0 spiro atoms. The van der Waals surface area contributed by atoms with Crippen LogP contribution in [0.15, 0.2) is 30.3 Å². The summed E-state index contributed by atoms with van der Waals surface area (Å²) in [5, 5.41) is 0. The highest BCUT2D eigenvalue weighted by molar-refractivity contribution is 9.09. The zero-order chi connectivity index (χ0) is 12.5. The van der Waals surface area contributed by atoms with Gasteiger partial charge in [-0.3, -0.25) is 0 Å². The normalized spacial score (nSPS) is 15.7. The third-order valence-corrected chi connectivity index (χ3v) is 6.32. The summed E-state index contributed by atoms with van der Waals surface area (Å²) in [6, 6.07) is 11.5. The molecular formula is C16H17BrS. The molecule has 1 aliphatic rings. The molecule has 2 aromatic rings. The van der Waals surface area contributed by atoms with Crippen LogP contribution in [0.4, 0.5) is 0 Å². The standard InChI is InChI=1S/C16H17BrS/c1-2-14-8-9-15(18-14)16(17)13-7-6-11-4-3-5-12(11)10-13/h6-10,16H,2-5H2,1H3. The molecule has 0 amide bonds. The second-order valence-electron chi connectivity index (χ2n) is 4.90. The smallest absolute Gasteiger partial charge is 0.0738 e. The van der Waals surface area contributed by atoms with Crippen molar-refractivity contribution in [1.29, 1.82) is 0 Å². The molecule has 0 saturated heterocycles. The summed E-state index contributed by atoms with van der Waals surface area (Å²) in [4.78, 5) is 3.24. The molecule has 1 aromatic carbocycles. The number of hydrogen-bond donors (Lipinski definition) is 0. The van der Waals surface area contributed by atoms with Crippen LogP contribution in [0.1, 0.15) is 44.6 Å². The van der Waals surface area contributed by atoms with Crippen LogP contribution in [0.5, 0.6) is 0 Å².